The summed E-state index contributed by atoms with van der Waals surface area (Å²) in [6.45, 7) is 0.538. The van der Waals surface area contributed by atoms with Crippen molar-refractivity contribution in [1.29, 1.82) is 0 Å². The number of alkyl halides is 5. The quantitative estimate of drug-likeness (QED) is 0.222. The van der Waals surface area contributed by atoms with Gasteiger partial charge in [0.1, 0.15) is 18.2 Å². The molecule has 1 aliphatic heterocycles. The summed E-state index contributed by atoms with van der Waals surface area (Å²) in [5, 5.41) is 9.07. The van der Waals surface area contributed by atoms with E-state index in [1.54, 1.807) is 29.2 Å². The molecule has 1 aromatic heterocycles. The van der Waals surface area contributed by atoms with E-state index in [1.807, 2.05) is 0 Å². The number of fused-ring (bicyclic) bond motifs is 1. The third-order valence-corrected chi connectivity index (χ3v) is 9.67. The van der Waals surface area contributed by atoms with Crippen LogP contribution in [0.15, 0.2) is 64.5 Å². The normalized spacial score (nSPS) is 20.2. The standard InChI is InChI=1S/C30H28F6N2O3S2/c1-29(33,34)8-7-17-15-38(20-6-2-5-19(31)10-20)22-11-25(42-21-13-30(35,36)14-21)23(12-24(22)43-27(17)32)41-16-18-4-3-9-37-26(18)28(39)40/h2-6,9-12,17,21,27H,7-8,13-16H2,1H3,(H,39,40). The summed E-state index contributed by atoms with van der Waals surface area (Å²) in [6, 6.07) is 11.9. The highest BCUT2D eigenvalue weighted by Crippen LogP contribution is 2.53. The minimum Gasteiger partial charge on any atom is -0.488 e. The molecule has 0 spiro atoms. The Labute approximate surface area is 253 Å². The first kappa shape index (κ1) is 31.4. The van der Waals surface area contributed by atoms with Gasteiger partial charge in [0.2, 0.25) is 11.8 Å². The SMILES string of the molecule is CC(F)(F)CCC1CN(c2cccc(F)c2)c2cc(SC3CC(F)(F)C3)c(OCc3cccnc3C(=O)O)cc2SC1F. The first-order valence-corrected chi connectivity index (χ1v) is 15.3. The zero-order valence-corrected chi connectivity index (χ0v) is 24.5. The van der Waals surface area contributed by atoms with E-state index in [1.165, 1.54) is 30.5 Å². The van der Waals surface area contributed by atoms with E-state index in [9.17, 15) is 31.9 Å². The Bertz CT molecular complexity index is 1480. The van der Waals surface area contributed by atoms with Gasteiger partial charge in [-0.05, 0) is 49.7 Å². The van der Waals surface area contributed by atoms with E-state index < -0.39 is 46.7 Å². The monoisotopic (exact) mass is 642 g/mol. The van der Waals surface area contributed by atoms with E-state index in [4.69, 9.17) is 4.74 Å². The number of pyridine rings is 1. The number of benzene rings is 2. The average Bonchev–Trinajstić information content (AvgIpc) is 3.04. The maximum absolute atomic E-state index is 15.7. The number of nitrogens with zero attached hydrogens (tertiary/aromatic N) is 2. The summed E-state index contributed by atoms with van der Waals surface area (Å²) >= 11 is 1.98. The molecule has 2 aliphatic rings. The van der Waals surface area contributed by atoms with Crippen molar-refractivity contribution >= 4 is 40.9 Å². The van der Waals surface area contributed by atoms with E-state index in [0.717, 1.165) is 30.4 Å². The van der Waals surface area contributed by atoms with Crippen LogP contribution < -0.4 is 9.64 Å². The molecule has 0 bridgehead atoms. The van der Waals surface area contributed by atoms with Crippen LogP contribution in [-0.4, -0.2) is 45.2 Å². The molecular weight excluding hydrogens is 614 g/mol. The first-order chi connectivity index (χ1) is 20.3. The Morgan fingerprint density at radius 2 is 1.98 bits per heavy atom. The van der Waals surface area contributed by atoms with Crippen molar-refractivity contribution < 1.29 is 41.0 Å². The number of ether oxygens (including phenoxy) is 1. The predicted octanol–water partition coefficient (Wildman–Crippen LogP) is 8.98. The number of carboxylic acids is 1. The van der Waals surface area contributed by atoms with Crippen molar-refractivity contribution in [3.63, 3.8) is 0 Å². The highest BCUT2D eigenvalue weighted by Gasteiger charge is 2.46. The number of halogens is 6. The topological polar surface area (TPSA) is 62.7 Å². The summed E-state index contributed by atoms with van der Waals surface area (Å²) in [5.41, 5.74) is -0.693. The molecule has 1 fully saturated rings. The Kier molecular flexibility index (Phi) is 9.12. The van der Waals surface area contributed by atoms with Crippen molar-refractivity contribution in [3.8, 4) is 5.75 Å². The minimum atomic E-state index is -3.00. The van der Waals surface area contributed by atoms with Gasteiger partial charge in [0.05, 0.1) is 10.6 Å². The van der Waals surface area contributed by atoms with E-state index in [2.05, 4.69) is 4.98 Å². The van der Waals surface area contributed by atoms with Crippen molar-refractivity contribution in [2.75, 3.05) is 11.4 Å². The Morgan fingerprint density at radius 3 is 2.65 bits per heavy atom. The van der Waals surface area contributed by atoms with Crippen LogP contribution in [0.2, 0.25) is 0 Å². The first-order valence-electron chi connectivity index (χ1n) is 13.5. The lowest BCUT2D eigenvalue weighted by Crippen LogP contribution is -2.37. The van der Waals surface area contributed by atoms with Gasteiger partial charge in [-0.1, -0.05) is 23.9 Å². The molecule has 2 heterocycles. The summed E-state index contributed by atoms with van der Waals surface area (Å²) < 4.78 is 91.0. The summed E-state index contributed by atoms with van der Waals surface area (Å²) in [6.07, 6.45) is -0.0193. The molecule has 1 saturated carbocycles. The van der Waals surface area contributed by atoms with E-state index in [0.29, 0.717) is 21.2 Å². The third-order valence-electron chi connectivity index (χ3n) is 7.24. The molecule has 3 aromatic rings. The zero-order chi connectivity index (χ0) is 30.9. The molecule has 0 saturated heterocycles. The van der Waals surface area contributed by atoms with Crippen LogP contribution in [0.1, 0.15) is 48.7 Å². The number of thioether (sulfide) groups is 2. The fourth-order valence-corrected chi connectivity index (χ4v) is 7.55. The molecule has 1 aliphatic carbocycles. The van der Waals surface area contributed by atoms with Crippen LogP contribution in [-0.2, 0) is 6.61 Å². The number of hydrogen-bond donors (Lipinski definition) is 1. The highest BCUT2D eigenvalue weighted by atomic mass is 32.2. The summed E-state index contributed by atoms with van der Waals surface area (Å²) in [5.74, 6) is -8.19. The second kappa shape index (κ2) is 12.5. The smallest absolute Gasteiger partial charge is 0.354 e. The fraction of sp³-hybridized carbons (Fsp3) is 0.400. The second-order valence-corrected chi connectivity index (χ2v) is 13.3. The second-order valence-electron chi connectivity index (χ2n) is 10.8. The van der Waals surface area contributed by atoms with Gasteiger partial charge < -0.3 is 14.7 Å². The van der Waals surface area contributed by atoms with Gasteiger partial charge in [0.15, 0.2) is 11.2 Å². The predicted molar refractivity (Wildman–Crippen MR) is 153 cm³/mol. The molecule has 5 rings (SSSR count). The number of carboxylic acid groups (broad SMARTS) is 1. The number of aromatic carboxylic acids is 1. The zero-order valence-electron chi connectivity index (χ0n) is 22.9. The molecular formula is C30H28F6N2O3S2. The molecule has 2 atom stereocenters. The minimum absolute atomic E-state index is 0.0236. The van der Waals surface area contributed by atoms with Gasteiger partial charge in [0.25, 0.3) is 0 Å². The number of anilines is 2. The van der Waals surface area contributed by atoms with Crippen LogP contribution in [0.5, 0.6) is 5.75 Å². The molecule has 13 heteroatoms. The summed E-state index contributed by atoms with van der Waals surface area (Å²) in [7, 11) is 0. The van der Waals surface area contributed by atoms with E-state index in [-0.39, 0.29) is 49.4 Å². The largest absolute Gasteiger partial charge is 0.488 e. The van der Waals surface area contributed by atoms with E-state index >= 15 is 4.39 Å². The van der Waals surface area contributed by atoms with Gasteiger partial charge in [-0.3, -0.25) is 0 Å². The van der Waals surface area contributed by atoms with Crippen LogP contribution in [0.4, 0.5) is 37.7 Å². The number of aromatic nitrogens is 1. The van der Waals surface area contributed by atoms with Crippen molar-refractivity contribution in [3.05, 3.63) is 71.8 Å². The lowest BCUT2D eigenvalue weighted by molar-refractivity contribution is -0.0667. The molecule has 5 nitrogen and oxygen atoms in total. The van der Waals surface area contributed by atoms with Gasteiger partial charge in [0, 0.05) is 59.3 Å². The fourth-order valence-electron chi connectivity index (χ4n) is 5.00. The number of rotatable bonds is 10. The molecule has 43 heavy (non-hydrogen) atoms. The summed E-state index contributed by atoms with van der Waals surface area (Å²) in [4.78, 5) is 18.0. The highest BCUT2D eigenvalue weighted by molar-refractivity contribution is 8.00. The Morgan fingerprint density at radius 1 is 1.21 bits per heavy atom. The molecule has 0 radical (unpaired) electrons. The van der Waals surface area contributed by atoms with Gasteiger partial charge in [-0.2, -0.15) is 0 Å². The lowest BCUT2D eigenvalue weighted by Gasteiger charge is -2.35. The molecule has 0 amide bonds. The van der Waals surface area contributed by atoms with Crippen molar-refractivity contribution in [2.24, 2.45) is 5.92 Å². The van der Waals surface area contributed by atoms with Gasteiger partial charge >= 0.3 is 5.97 Å². The molecule has 2 unspecified atom stereocenters. The van der Waals surface area contributed by atoms with Crippen molar-refractivity contribution in [2.45, 2.75) is 71.6 Å². The van der Waals surface area contributed by atoms with Crippen molar-refractivity contribution in [1.82, 2.24) is 4.98 Å². The third kappa shape index (κ3) is 7.72. The number of carbonyl (C=O) groups is 1. The average molecular weight is 643 g/mol. The lowest BCUT2D eigenvalue weighted by atomic mass is 9.94. The van der Waals surface area contributed by atoms with Gasteiger partial charge in [-0.15, -0.1) is 11.8 Å². The molecule has 230 valence electrons. The Hall–Kier alpha value is -3.06. The maximum atomic E-state index is 15.7. The maximum Gasteiger partial charge on any atom is 0.354 e. The van der Waals surface area contributed by atoms with Crippen LogP contribution in [0.25, 0.3) is 0 Å². The van der Waals surface area contributed by atoms with Crippen LogP contribution >= 0.6 is 23.5 Å². The number of hydrogen-bond acceptors (Lipinski definition) is 6. The molecule has 2 aromatic carbocycles. The van der Waals surface area contributed by atoms with Crippen LogP contribution in [0, 0.1) is 11.7 Å². The molecule has 1 N–H and O–H groups in total. The van der Waals surface area contributed by atoms with Gasteiger partial charge in [-0.25, -0.2) is 36.1 Å². The van der Waals surface area contributed by atoms with Crippen LogP contribution in [0.3, 0.4) is 0 Å². The Balaban J connectivity index is 1.55.